The Morgan fingerprint density at radius 3 is 2.43 bits per heavy atom. The van der Waals surface area contributed by atoms with E-state index >= 15 is 0 Å². The molecular formula is C12H17NO. The van der Waals surface area contributed by atoms with Crippen molar-refractivity contribution in [1.29, 1.82) is 0 Å². The van der Waals surface area contributed by atoms with Gasteiger partial charge in [-0.25, -0.2) is 0 Å². The number of carbonyl (C=O) groups is 1. The highest BCUT2D eigenvalue weighted by Crippen LogP contribution is 2.12. The molecule has 0 amide bonds. The van der Waals surface area contributed by atoms with E-state index in [1.54, 1.807) is 0 Å². The van der Waals surface area contributed by atoms with Crippen molar-refractivity contribution in [1.82, 2.24) is 0 Å². The first-order valence-corrected chi connectivity index (χ1v) is 4.99. The number of aldehydes is 1. The summed E-state index contributed by atoms with van der Waals surface area (Å²) < 4.78 is 0. The molecule has 2 heteroatoms. The first-order chi connectivity index (χ1) is 6.72. The number of carbonyl (C=O) groups excluding carboxylic acids is 1. The summed E-state index contributed by atoms with van der Waals surface area (Å²) in [4.78, 5) is 10.1. The van der Waals surface area contributed by atoms with E-state index in [4.69, 9.17) is 0 Å². The summed E-state index contributed by atoms with van der Waals surface area (Å²) in [5, 5.41) is 3.01. The van der Waals surface area contributed by atoms with Gasteiger partial charge in [0.1, 0.15) is 6.29 Å². The normalized spacial score (nSPS) is 10.2. The number of rotatable bonds is 5. The van der Waals surface area contributed by atoms with Gasteiger partial charge in [-0.2, -0.15) is 0 Å². The molecule has 0 saturated carbocycles. The zero-order valence-electron chi connectivity index (χ0n) is 8.79. The molecule has 1 N–H and O–H groups in total. The molecule has 0 unspecified atom stereocenters. The van der Waals surface area contributed by atoms with Crippen molar-refractivity contribution >= 4 is 12.0 Å². The average Bonchev–Trinajstić information content (AvgIpc) is 2.16. The van der Waals surface area contributed by atoms with Crippen LogP contribution in [0.1, 0.15) is 19.4 Å². The van der Waals surface area contributed by atoms with Crippen molar-refractivity contribution in [2.75, 3.05) is 11.9 Å². The molecule has 1 aromatic carbocycles. The smallest absolute Gasteiger partial charge is 0.139 e. The maximum absolute atomic E-state index is 10.1. The maximum Gasteiger partial charge on any atom is 0.139 e. The number of anilines is 1. The van der Waals surface area contributed by atoms with Crippen LogP contribution in [-0.4, -0.2) is 12.8 Å². The van der Waals surface area contributed by atoms with Crippen LogP contribution in [0.15, 0.2) is 24.3 Å². The number of hydrogen-bond acceptors (Lipinski definition) is 2. The van der Waals surface area contributed by atoms with Crippen molar-refractivity contribution < 1.29 is 4.79 Å². The van der Waals surface area contributed by atoms with E-state index in [2.05, 4.69) is 31.3 Å². The van der Waals surface area contributed by atoms with Gasteiger partial charge in [0.05, 0.1) is 6.54 Å². The van der Waals surface area contributed by atoms with Crippen LogP contribution in [0.4, 0.5) is 5.69 Å². The third kappa shape index (κ3) is 3.60. The first kappa shape index (κ1) is 10.8. The lowest BCUT2D eigenvalue weighted by atomic mass is 10.0. The lowest BCUT2D eigenvalue weighted by Gasteiger charge is -2.06. The summed E-state index contributed by atoms with van der Waals surface area (Å²) in [6, 6.07) is 8.24. The Hall–Kier alpha value is -1.31. The lowest BCUT2D eigenvalue weighted by Crippen LogP contribution is -2.02. The molecule has 0 spiro atoms. The Bertz CT molecular complexity index is 277. The van der Waals surface area contributed by atoms with Crippen LogP contribution in [0.25, 0.3) is 0 Å². The van der Waals surface area contributed by atoms with Crippen LogP contribution in [0.5, 0.6) is 0 Å². The van der Waals surface area contributed by atoms with Gasteiger partial charge in [-0.15, -0.1) is 0 Å². The van der Waals surface area contributed by atoms with E-state index in [1.165, 1.54) is 5.56 Å². The van der Waals surface area contributed by atoms with Gasteiger partial charge < -0.3 is 10.1 Å². The lowest BCUT2D eigenvalue weighted by molar-refractivity contribution is -0.106. The van der Waals surface area contributed by atoms with Gasteiger partial charge in [0.2, 0.25) is 0 Å². The van der Waals surface area contributed by atoms with Gasteiger partial charge in [0.25, 0.3) is 0 Å². The zero-order valence-corrected chi connectivity index (χ0v) is 8.79. The second kappa shape index (κ2) is 5.43. The highest BCUT2D eigenvalue weighted by molar-refractivity contribution is 5.59. The van der Waals surface area contributed by atoms with E-state index in [-0.39, 0.29) is 0 Å². The Morgan fingerprint density at radius 1 is 1.29 bits per heavy atom. The Morgan fingerprint density at radius 2 is 1.93 bits per heavy atom. The summed E-state index contributed by atoms with van der Waals surface area (Å²) in [7, 11) is 0. The standard InChI is InChI=1S/C12H17NO/c1-10(2)9-11-3-5-12(6-4-11)13-7-8-14/h3-6,8,10,13H,7,9H2,1-2H3. The van der Waals surface area contributed by atoms with Gasteiger partial charge in [0, 0.05) is 5.69 Å². The van der Waals surface area contributed by atoms with Crippen LogP contribution in [0.2, 0.25) is 0 Å². The van der Waals surface area contributed by atoms with Crippen molar-refractivity contribution in [3.05, 3.63) is 29.8 Å². The van der Waals surface area contributed by atoms with Crippen LogP contribution >= 0.6 is 0 Å². The van der Waals surface area contributed by atoms with E-state index in [0.29, 0.717) is 12.5 Å². The summed E-state index contributed by atoms with van der Waals surface area (Å²) in [6.45, 7) is 4.79. The molecule has 0 atom stereocenters. The predicted octanol–water partition coefficient (Wildman–Crippen LogP) is 2.50. The molecule has 2 nitrogen and oxygen atoms in total. The second-order valence-corrected chi connectivity index (χ2v) is 3.84. The molecule has 14 heavy (non-hydrogen) atoms. The molecule has 76 valence electrons. The third-order valence-electron chi connectivity index (χ3n) is 1.99. The highest BCUT2D eigenvalue weighted by Gasteiger charge is 1.97. The third-order valence-corrected chi connectivity index (χ3v) is 1.99. The van der Waals surface area contributed by atoms with Crippen LogP contribution in [-0.2, 0) is 11.2 Å². The topological polar surface area (TPSA) is 29.1 Å². The molecule has 0 heterocycles. The predicted molar refractivity (Wildman–Crippen MR) is 59.5 cm³/mol. The minimum Gasteiger partial charge on any atom is -0.378 e. The van der Waals surface area contributed by atoms with E-state index in [9.17, 15) is 4.79 Å². The Balaban J connectivity index is 2.54. The van der Waals surface area contributed by atoms with E-state index < -0.39 is 0 Å². The molecule has 0 aliphatic heterocycles. The molecule has 0 aromatic heterocycles. The van der Waals surface area contributed by atoms with Gasteiger partial charge in [-0.05, 0) is 30.0 Å². The highest BCUT2D eigenvalue weighted by atomic mass is 16.1. The molecule has 1 aromatic rings. The fourth-order valence-corrected chi connectivity index (χ4v) is 1.39. The maximum atomic E-state index is 10.1. The van der Waals surface area contributed by atoms with Crippen molar-refractivity contribution in [2.24, 2.45) is 5.92 Å². The summed E-state index contributed by atoms with van der Waals surface area (Å²) in [5.74, 6) is 0.684. The van der Waals surface area contributed by atoms with Crippen molar-refractivity contribution in [3.8, 4) is 0 Å². The minimum atomic E-state index is 0.378. The monoisotopic (exact) mass is 191 g/mol. The van der Waals surface area contributed by atoms with E-state index in [1.807, 2.05) is 12.1 Å². The van der Waals surface area contributed by atoms with Crippen molar-refractivity contribution in [3.63, 3.8) is 0 Å². The van der Waals surface area contributed by atoms with Gasteiger partial charge in [-0.1, -0.05) is 26.0 Å². The summed E-state index contributed by atoms with van der Waals surface area (Å²) in [6.07, 6.45) is 1.97. The largest absolute Gasteiger partial charge is 0.378 e. The van der Waals surface area contributed by atoms with Crippen LogP contribution in [0.3, 0.4) is 0 Å². The Kier molecular flexibility index (Phi) is 4.17. The second-order valence-electron chi connectivity index (χ2n) is 3.84. The SMILES string of the molecule is CC(C)Cc1ccc(NCC=O)cc1. The fourth-order valence-electron chi connectivity index (χ4n) is 1.39. The van der Waals surface area contributed by atoms with Crippen LogP contribution < -0.4 is 5.32 Å². The zero-order chi connectivity index (χ0) is 10.4. The average molecular weight is 191 g/mol. The van der Waals surface area contributed by atoms with Crippen LogP contribution in [0, 0.1) is 5.92 Å². The molecule has 0 bridgehead atoms. The van der Waals surface area contributed by atoms with Gasteiger partial charge in [0.15, 0.2) is 0 Å². The number of nitrogens with one attached hydrogen (secondary N) is 1. The van der Waals surface area contributed by atoms with Crippen molar-refractivity contribution in [2.45, 2.75) is 20.3 Å². The molecule has 0 fully saturated rings. The minimum absolute atomic E-state index is 0.378. The first-order valence-electron chi connectivity index (χ1n) is 4.99. The molecule has 0 aliphatic rings. The molecule has 0 aliphatic carbocycles. The van der Waals surface area contributed by atoms with Gasteiger partial charge in [-0.3, -0.25) is 0 Å². The Labute approximate surface area is 85.3 Å². The quantitative estimate of drug-likeness (QED) is 0.724. The molecular weight excluding hydrogens is 174 g/mol. The summed E-state index contributed by atoms with van der Waals surface area (Å²) >= 11 is 0. The van der Waals surface area contributed by atoms with E-state index in [0.717, 1.165) is 18.4 Å². The summed E-state index contributed by atoms with van der Waals surface area (Å²) in [5.41, 5.74) is 2.35. The number of benzene rings is 1. The molecule has 1 rings (SSSR count). The fraction of sp³-hybridized carbons (Fsp3) is 0.417. The molecule has 0 radical (unpaired) electrons. The number of hydrogen-bond donors (Lipinski definition) is 1. The van der Waals surface area contributed by atoms with Gasteiger partial charge >= 0.3 is 0 Å². The molecule has 0 saturated heterocycles.